The molecule has 0 aromatic heterocycles. The summed E-state index contributed by atoms with van der Waals surface area (Å²) in [6.07, 6.45) is -5.44. The predicted octanol–water partition coefficient (Wildman–Crippen LogP) is 8.33. The van der Waals surface area contributed by atoms with E-state index in [0.29, 0.717) is 27.0 Å². The average molecular weight is 785 g/mol. The lowest BCUT2D eigenvalue weighted by Gasteiger charge is -2.50. The molecule has 0 unspecified atom stereocenters. The fourth-order valence-corrected chi connectivity index (χ4v) is 10.1. The first kappa shape index (κ1) is 37.4. The molecule has 0 saturated carbocycles. The Bertz CT molecular complexity index is 2040. The Morgan fingerprint density at radius 3 is 1.35 bits per heavy atom. The summed E-state index contributed by atoms with van der Waals surface area (Å²) in [6, 6.07) is 42.3. The van der Waals surface area contributed by atoms with E-state index < -0.39 is 76.6 Å². The number of fused-ring (bicyclic) bond motifs is 1. The van der Waals surface area contributed by atoms with Gasteiger partial charge in [0.1, 0.15) is 47.3 Å². The summed E-state index contributed by atoms with van der Waals surface area (Å²) in [6.45, 7) is 0.112. The molecule has 0 N–H and O–H groups in total. The molecular formula is C43H34F4O6P2. The molecule has 0 radical (unpaired) electrons. The van der Waals surface area contributed by atoms with Gasteiger partial charge in [-0.25, -0.2) is 17.6 Å². The lowest BCUT2D eigenvalue weighted by Crippen LogP contribution is -2.64. The molecule has 2 aliphatic heterocycles. The van der Waals surface area contributed by atoms with Crippen LogP contribution in [0.3, 0.4) is 0 Å². The van der Waals surface area contributed by atoms with Crippen molar-refractivity contribution in [3.63, 3.8) is 0 Å². The molecule has 0 amide bonds. The van der Waals surface area contributed by atoms with E-state index >= 15 is 0 Å². The minimum Gasteiger partial charge on any atom is -0.462 e. The van der Waals surface area contributed by atoms with E-state index in [9.17, 15) is 17.6 Å². The maximum Gasteiger partial charge on any atom is 0.229 e. The van der Waals surface area contributed by atoms with Gasteiger partial charge in [0.25, 0.3) is 0 Å². The van der Waals surface area contributed by atoms with Crippen LogP contribution in [0.25, 0.3) is 0 Å². The second-order valence-corrected chi connectivity index (χ2v) is 16.4. The third-order valence-corrected chi connectivity index (χ3v) is 13.0. The Kier molecular flexibility index (Phi) is 11.6. The van der Waals surface area contributed by atoms with Crippen molar-refractivity contribution >= 4 is 37.5 Å². The van der Waals surface area contributed by atoms with Crippen molar-refractivity contribution in [1.82, 2.24) is 0 Å². The van der Waals surface area contributed by atoms with Crippen LogP contribution < -0.4 is 26.0 Å². The maximum atomic E-state index is 14.3. The minimum atomic E-state index is -1.80. The molecular weight excluding hydrogens is 750 g/mol. The summed E-state index contributed by atoms with van der Waals surface area (Å²) >= 11 is 0. The molecule has 0 spiro atoms. The number of hydrogen-bond acceptors (Lipinski definition) is 6. The van der Waals surface area contributed by atoms with Crippen LogP contribution >= 0.6 is 16.3 Å². The third kappa shape index (κ3) is 8.82. The van der Waals surface area contributed by atoms with E-state index in [2.05, 4.69) is 0 Å². The predicted molar refractivity (Wildman–Crippen MR) is 203 cm³/mol. The summed E-state index contributed by atoms with van der Waals surface area (Å²) in [7, 11) is -3.58. The molecule has 8 rings (SSSR count). The summed E-state index contributed by atoms with van der Waals surface area (Å²) in [5.41, 5.74) is 0.777. The molecule has 6 aromatic rings. The molecule has 12 heteroatoms. The van der Waals surface area contributed by atoms with Gasteiger partial charge in [0.05, 0.1) is 22.9 Å². The van der Waals surface area contributed by atoms with Crippen molar-refractivity contribution in [2.75, 3.05) is 6.61 Å². The van der Waals surface area contributed by atoms with Gasteiger partial charge in [0, 0.05) is 26.8 Å². The van der Waals surface area contributed by atoms with Crippen LogP contribution in [0.2, 0.25) is 0 Å². The first-order valence-electron chi connectivity index (χ1n) is 17.5. The molecule has 6 nitrogen and oxygen atoms in total. The molecule has 0 aliphatic carbocycles. The fraction of sp³-hybridized carbons (Fsp3) is 0.163. The number of hydrogen-bond donors (Lipinski definition) is 0. The Balaban J connectivity index is 1.27. The zero-order valence-electron chi connectivity index (χ0n) is 29.0. The maximum absolute atomic E-state index is 14.3. The molecule has 280 valence electrons. The number of para-hydroxylation sites is 1. The summed E-state index contributed by atoms with van der Waals surface area (Å²) in [5, 5.41) is 2.57. The summed E-state index contributed by atoms with van der Waals surface area (Å²) in [5.74, 6) is -1.22. The van der Waals surface area contributed by atoms with Crippen molar-refractivity contribution in [2.45, 2.75) is 37.0 Å². The molecule has 55 heavy (non-hydrogen) atoms. The summed E-state index contributed by atoms with van der Waals surface area (Å²) < 4.78 is 97.8. The highest BCUT2D eigenvalue weighted by molar-refractivity contribution is 7.69. The van der Waals surface area contributed by atoms with Crippen LogP contribution in [0.15, 0.2) is 158 Å². The Morgan fingerprint density at radius 1 is 0.473 bits per heavy atom. The zero-order valence-corrected chi connectivity index (χ0v) is 30.8. The van der Waals surface area contributed by atoms with E-state index in [1.54, 1.807) is 60.7 Å². The Hall–Kier alpha value is -4.50. The van der Waals surface area contributed by atoms with Crippen LogP contribution in [-0.4, -0.2) is 37.3 Å². The first-order valence-corrected chi connectivity index (χ1v) is 20.1. The number of halogens is 4. The van der Waals surface area contributed by atoms with Gasteiger partial charge in [-0.05, 0) is 109 Å². The molecule has 6 atom stereocenters. The van der Waals surface area contributed by atoms with Gasteiger partial charge in [-0.3, -0.25) is 0 Å². The van der Waals surface area contributed by atoms with Gasteiger partial charge in [-0.15, -0.1) is 0 Å². The largest absolute Gasteiger partial charge is 0.462 e. The number of benzene rings is 6. The van der Waals surface area contributed by atoms with Crippen molar-refractivity contribution in [3.8, 4) is 5.75 Å². The van der Waals surface area contributed by atoms with Crippen molar-refractivity contribution < 1.29 is 45.6 Å². The number of ether oxygens (including phenoxy) is 4. The minimum absolute atomic E-state index is 0.112. The Morgan fingerprint density at radius 2 is 0.891 bits per heavy atom. The van der Waals surface area contributed by atoms with Crippen molar-refractivity contribution in [2.24, 2.45) is 0 Å². The van der Waals surface area contributed by atoms with E-state index in [1.165, 1.54) is 48.5 Å². The lowest BCUT2D eigenvalue weighted by atomic mass is 9.98. The zero-order chi connectivity index (χ0) is 37.7. The fourth-order valence-electron chi connectivity index (χ4n) is 6.38. The van der Waals surface area contributed by atoms with E-state index in [0.717, 1.165) is 5.56 Å². The molecule has 2 fully saturated rings. The molecule has 6 aromatic carbocycles. The average Bonchev–Trinajstić information content (AvgIpc) is 3.22. The highest BCUT2D eigenvalue weighted by atomic mass is 31.1. The normalized spacial score (nSPS) is 22.4. The van der Waals surface area contributed by atoms with E-state index in [4.69, 9.17) is 28.0 Å². The molecule has 2 heterocycles. The van der Waals surface area contributed by atoms with Gasteiger partial charge < -0.3 is 28.0 Å². The van der Waals surface area contributed by atoms with Gasteiger partial charge in [-0.1, -0.05) is 48.5 Å². The SMILES string of the molecule is Fc1ccc(P(O[C@@H]2[C@@H](OP(c3ccc(F)cc3)c3ccc(F)cc3)[C@H](Oc3ccccc3)O[C@@H]3CO[C@@H](c4ccccc4)O[C@@H]23)c2ccc(F)cc2)cc1. The smallest absolute Gasteiger partial charge is 0.229 e. The highest BCUT2D eigenvalue weighted by Crippen LogP contribution is 2.48. The molecule has 0 bridgehead atoms. The van der Waals surface area contributed by atoms with Crippen molar-refractivity contribution in [1.29, 1.82) is 0 Å². The highest BCUT2D eigenvalue weighted by Gasteiger charge is 2.54. The van der Waals surface area contributed by atoms with Crippen molar-refractivity contribution in [3.05, 3.63) is 187 Å². The van der Waals surface area contributed by atoms with Gasteiger partial charge in [-0.2, -0.15) is 0 Å². The lowest BCUT2D eigenvalue weighted by molar-refractivity contribution is -0.342. The standard InChI is InChI=1S/C43H34F4O6P2/c44-29-11-19-34(20-12-29)54(35-21-13-30(45)14-22-35)52-40-39-38(27-48-42(51-39)28-7-3-1-4-8-28)50-43(49-33-9-5-2-6-10-33)41(40)53-55(36-23-15-31(46)16-24-36)37-25-17-32(47)18-26-37/h1-26,38-43H,27H2/t38-,39-,40+,41-,42-,43-/m1/s1. The van der Waals surface area contributed by atoms with Gasteiger partial charge in [0.2, 0.25) is 6.29 Å². The second kappa shape index (κ2) is 17.1. The van der Waals surface area contributed by atoms with Crippen LogP contribution in [0.5, 0.6) is 5.75 Å². The van der Waals surface area contributed by atoms with Gasteiger partial charge in [0.15, 0.2) is 12.4 Å². The van der Waals surface area contributed by atoms with E-state index in [-0.39, 0.29) is 6.61 Å². The van der Waals surface area contributed by atoms with E-state index in [1.807, 2.05) is 48.5 Å². The second-order valence-electron chi connectivity index (χ2n) is 12.8. The van der Waals surface area contributed by atoms with Crippen LogP contribution in [-0.2, 0) is 23.3 Å². The van der Waals surface area contributed by atoms with Gasteiger partial charge >= 0.3 is 0 Å². The monoisotopic (exact) mass is 784 g/mol. The number of rotatable bonds is 11. The molecule has 2 saturated heterocycles. The van der Waals surface area contributed by atoms with Crippen LogP contribution in [0.1, 0.15) is 11.9 Å². The van der Waals surface area contributed by atoms with Crippen LogP contribution in [0.4, 0.5) is 17.6 Å². The quantitative estimate of drug-likeness (QED) is 0.0974. The summed E-state index contributed by atoms with van der Waals surface area (Å²) in [4.78, 5) is 0. The third-order valence-electron chi connectivity index (χ3n) is 9.05. The Labute approximate surface area is 318 Å². The molecule has 2 aliphatic rings. The van der Waals surface area contributed by atoms with Crippen LogP contribution in [0, 0.1) is 23.3 Å². The topological polar surface area (TPSA) is 55.4 Å². The first-order chi connectivity index (χ1) is 26.9.